The van der Waals surface area contributed by atoms with Gasteiger partial charge in [0.1, 0.15) is 5.82 Å². The highest BCUT2D eigenvalue weighted by molar-refractivity contribution is 7.84. The number of rotatable bonds is 5. The van der Waals surface area contributed by atoms with Gasteiger partial charge in [-0.2, -0.15) is 0 Å². The Balaban J connectivity index is 2.60. The first-order valence-corrected chi connectivity index (χ1v) is 6.89. The van der Waals surface area contributed by atoms with Crippen molar-refractivity contribution in [3.63, 3.8) is 0 Å². The van der Waals surface area contributed by atoms with E-state index in [0.717, 1.165) is 6.07 Å². The minimum Gasteiger partial charge on any atom is -0.396 e. The summed E-state index contributed by atoms with van der Waals surface area (Å²) in [5, 5.41) is 13.5. The number of amides is 2. The first kappa shape index (κ1) is 14.6. The zero-order valence-electron chi connectivity index (χ0n) is 9.90. The Bertz CT molecular complexity index is 454. The molecule has 0 aliphatic heterocycles. The lowest BCUT2D eigenvalue weighted by atomic mass is 10.3. The van der Waals surface area contributed by atoms with Gasteiger partial charge < -0.3 is 15.7 Å². The standard InChI is InChI=1S/C11H15FN2O3S/c1-18(17)10-4-3-8(7-9(10)12)14-11(16)13-5-2-6-15/h3-4,7,15H,2,5-6H2,1H3,(H2,13,14,16). The van der Waals surface area contributed by atoms with Crippen LogP contribution in [0.3, 0.4) is 0 Å². The van der Waals surface area contributed by atoms with Crippen molar-refractivity contribution < 1.29 is 18.5 Å². The summed E-state index contributed by atoms with van der Waals surface area (Å²) in [6.07, 6.45) is 1.84. The highest BCUT2D eigenvalue weighted by atomic mass is 32.2. The molecule has 1 atom stereocenters. The third-order valence-electron chi connectivity index (χ3n) is 2.12. The molecule has 0 radical (unpaired) electrons. The molecule has 0 heterocycles. The van der Waals surface area contributed by atoms with Crippen LogP contribution in [-0.4, -0.2) is 34.8 Å². The molecular formula is C11H15FN2O3S. The maximum atomic E-state index is 13.5. The average Bonchev–Trinajstić information content (AvgIpc) is 2.28. The minimum atomic E-state index is -1.40. The van der Waals surface area contributed by atoms with E-state index in [1.165, 1.54) is 18.4 Å². The number of halogens is 1. The Hall–Kier alpha value is -1.47. The van der Waals surface area contributed by atoms with Crippen molar-refractivity contribution in [1.82, 2.24) is 5.32 Å². The Kier molecular flexibility index (Phi) is 5.73. The monoisotopic (exact) mass is 274 g/mol. The number of carbonyl (C=O) groups excluding carboxylic acids is 1. The third kappa shape index (κ3) is 4.42. The number of aliphatic hydroxyl groups is 1. The highest BCUT2D eigenvalue weighted by Crippen LogP contribution is 2.16. The molecule has 0 saturated heterocycles. The lowest BCUT2D eigenvalue weighted by molar-refractivity contribution is 0.249. The van der Waals surface area contributed by atoms with Crippen LogP contribution in [0.4, 0.5) is 14.9 Å². The second kappa shape index (κ2) is 7.07. The van der Waals surface area contributed by atoms with Crippen molar-refractivity contribution in [1.29, 1.82) is 0 Å². The predicted molar refractivity (Wildman–Crippen MR) is 67.5 cm³/mol. The summed E-state index contributed by atoms with van der Waals surface area (Å²) in [5.74, 6) is -0.621. The fraction of sp³-hybridized carbons (Fsp3) is 0.364. The van der Waals surface area contributed by atoms with Crippen LogP contribution in [0.1, 0.15) is 6.42 Å². The molecule has 0 aliphatic rings. The van der Waals surface area contributed by atoms with Crippen molar-refractivity contribution in [2.75, 3.05) is 24.7 Å². The molecule has 2 amide bonds. The number of hydrogen-bond acceptors (Lipinski definition) is 3. The van der Waals surface area contributed by atoms with Gasteiger partial charge >= 0.3 is 6.03 Å². The summed E-state index contributed by atoms with van der Waals surface area (Å²) in [5.41, 5.74) is 0.281. The molecule has 0 spiro atoms. The van der Waals surface area contributed by atoms with Crippen LogP contribution >= 0.6 is 0 Å². The zero-order valence-corrected chi connectivity index (χ0v) is 10.7. The van der Waals surface area contributed by atoms with E-state index in [1.807, 2.05) is 0 Å². The molecule has 3 N–H and O–H groups in total. The molecule has 7 heteroatoms. The third-order valence-corrected chi connectivity index (χ3v) is 3.07. The van der Waals surface area contributed by atoms with E-state index in [9.17, 15) is 13.4 Å². The molecule has 18 heavy (non-hydrogen) atoms. The zero-order chi connectivity index (χ0) is 13.5. The lowest BCUT2D eigenvalue weighted by Gasteiger charge is -2.08. The highest BCUT2D eigenvalue weighted by Gasteiger charge is 2.08. The van der Waals surface area contributed by atoms with Crippen LogP contribution in [0.15, 0.2) is 23.1 Å². The van der Waals surface area contributed by atoms with E-state index < -0.39 is 22.6 Å². The average molecular weight is 274 g/mol. The summed E-state index contributed by atoms with van der Waals surface area (Å²) in [7, 11) is -1.40. The van der Waals surface area contributed by atoms with Gasteiger partial charge in [-0.05, 0) is 24.6 Å². The molecule has 0 aliphatic carbocycles. The molecule has 100 valence electrons. The minimum absolute atomic E-state index is 0.00802. The quantitative estimate of drug-likeness (QED) is 0.703. The summed E-state index contributed by atoms with van der Waals surface area (Å²) in [4.78, 5) is 11.4. The van der Waals surface area contributed by atoms with Gasteiger partial charge in [-0.1, -0.05) is 0 Å². The Morgan fingerprint density at radius 1 is 1.50 bits per heavy atom. The second-order valence-electron chi connectivity index (χ2n) is 3.56. The van der Waals surface area contributed by atoms with E-state index in [4.69, 9.17) is 5.11 Å². The summed E-state index contributed by atoms with van der Waals surface area (Å²) >= 11 is 0. The molecule has 1 unspecified atom stereocenters. The second-order valence-corrected chi connectivity index (χ2v) is 4.91. The molecule has 0 fully saturated rings. The first-order chi connectivity index (χ1) is 8.54. The van der Waals surface area contributed by atoms with Gasteiger partial charge in [0.05, 0.1) is 15.7 Å². The Morgan fingerprint density at radius 2 is 2.22 bits per heavy atom. The molecule has 1 aromatic carbocycles. The topological polar surface area (TPSA) is 78.4 Å². The molecule has 5 nitrogen and oxygen atoms in total. The predicted octanol–water partition coefficient (Wildman–Crippen LogP) is 1.07. The van der Waals surface area contributed by atoms with Crippen LogP contribution in [-0.2, 0) is 10.8 Å². The van der Waals surface area contributed by atoms with Gasteiger partial charge in [0.2, 0.25) is 0 Å². The van der Waals surface area contributed by atoms with Gasteiger partial charge in [-0.3, -0.25) is 4.21 Å². The molecule has 0 aromatic heterocycles. The number of urea groups is 1. The van der Waals surface area contributed by atoms with Crippen LogP contribution in [0, 0.1) is 5.82 Å². The maximum absolute atomic E-state index is 13.5. The van der Waals surface area contributed by atoms with Crippen LogP contribution in [0.5, 0.6) is 0 Å². The van der Waals surface area contributed by atoms with Gasteiger partial charge in [0.15, 0.2) is 0 Å². The summed E-state index contributed by atoms with van der Waals surface area (Å²) < 4.78 is 24.6. The Morgan fingerprint density at radius 3 is 2.78 bits per heavy atom. The fourth-order valence-electron chi connectivity index (χ4n) is 1.27. The van der Waals surface area contributed by atoms with E-state index in [1.54, 1.807) is 0 Å². The van der Waals surface area contributed by atoms with Gasteiger partial charge in [0.25, 0.3) is 0 Å². The maximum Gasteiger partial charge on any atom is 0.319 e. The fourth-order valence-corrected chi connectivity index (χ4v) is 1.86. The molecule has 1 rings (SSSR count). The molecule has 0 bridgehead atoms. The van der Waals surface area contributed by atoms with Crippen LogP contribution in [0.2, 0.25) is 0 Å². The number of nitrogens with one attached hydrogen (secondary N) is 2. The van der Waals surface area contributed by atoms with Crippen molar-refractivity contribution >= 4 is 22.5 Å². The van der Waals surface area contributed by atoms with Crippen LogP contribution < -0.4 is 10.6 Å². The largest absolute Gasteiger partial charge is 0.396 e. The lowest BCUT2D eigenvalue weighted by Crippen LogP contribution is -2.29. The SMILES string of the molecule is CS(=O)c1ccc(NC(=O)NCCCO)cc1F. The Labute approximate surface area is 107 Å². The molecule has 0 saturated carbocycles. The molecule has 1 aromatic rings. The van der Waals surface area contributed by atoms with Crippen molar-refractivity contribution in [3.8, 4) is 0 Å². The smallest absolute Gasteiger partial charge is 0.319 e. The molecular weight excluding hydrogens is 259 g/mol. The first-order valence-electron chi connectivity index (χ1n) is 5.33. The van der Waals surface area contributed by atoms with E-state index >= 15 is 0 Å². The normalized spacial score (nSPS) is 11.9. The van der Waals surface area contributed by atoms with Crippen molar-refractivity contribution in [2.45, 2.75) is 11.3 Å². The number of anilines is 1. The van der Waals surface area contributed by atoms with Crippen molar-refractivity contribution in [2.24, 2.45) is 0 Å². The summed E-state index contributed by atoms with van der Waals surface area (Å²) in [6.45, 7) is 0.327. The van der Waals surface area contributed by atoms with E-state index in [2.05, 4.69) is 10.6 Å². The van der Waals surface area contributed by atoms with E-state index in [0.29, 0.717) is 13.0 Å². The van der Waals surface area contributed by atoms with Crippen molar-refractivity contribution in [3.05, 3.63) is 24.0 Å². The number of carbonyl (C=O) groups is 1. The number of aliphatic hydroxyl groups excluding tert-OH is 1. The summed E-state index contributed by atoms with van der Waals surface area (Å²) in [6, 6.07) is 3.48. The number of hydrogen-bond donors (Lipinski definition) is 3. The number of benzene rings is 1. The van der Waals surface area contributed by atoms with Gasteiger partial charge in [-0.25, -0.2) is 9.18 Å². The van der Waals surface area contributed by atoms with Gasteiger partial charge in [0, 0.05) is 25.1 Å². The van der Waals surface area contributed by atoms with Crippen LogP contribution in [0.25, 0.3) is 0 Å². The van der Waals surface area contributed by atoms with Gasteiger partial charge in [-0.15, -0.1) is 0 Å². The van der Waals surface area contributed by atoms with E-state index in [-0.39, 0.29) is 17.2 Å².